The molecule has 1 aliphatic heterocycles. The fourth-order valence-corrected chi connectivity index (χ4v) is 2.76. The highest BCUT2D eigenvalue weighted by Crippen LogP contribution is 2.33. The van der Waals surface area contributed by atoms with E-state index in [0.29, 0.717) is 12.1 Å². The third kappa shape index (κ3) is 2.84. The number of anilines is 4. The van der Waals surface area contributed by atoms with Crippen molar-refractivity contribution in [3.8, 4) is 0 Å². The molecule has 108 valence electrons. The fraction of sp³-hybridized carbons (Fsp3) is 0.235. The van der Waals surface area contributed by atoms with Crippen molar-refractivity contribution in [3.05, 3.63) is 47.0 Å². The zero-order valence-electron chi connectivity index (χ0n) is 12.3. The van der Waals surface area contributed by atoms with Gasteiger partial charge in [-0.25, -0.2) is 0 Å². The fourth-order valence-electron chi connectivity index (χ4n) is 2.76. The van der Waals surface area contributed by atoms with Crippen LogP contribution < -0.4 is 16.4 Å². The number of hydrogen-bond acceptors (Lipinski definition) is 3. The Kier molecular flexibility index (Phi) is 3.29. The van der Waals surface area contributed by atoms with Crippen molar-refractivity contribution < 1.29 is 4.79 Å². The summed E-state index contributed by atoms with van der Waals surface area (Å²) in [5, 5.41) is 6.24. The monoisotopic (exact) mass is 281 g/mol. The molecule has 0 aromatic heterocycles. The number of carbonyl (C=O) groups is 1. The lowest BCUT2D eigenvalue weighted by atomic mass is 10.0. The van der Waals surface area contributed by atoms with Crippen LogP contribution in [0.25, 0.3) is 0 Å². The molecule has 2 aromatic carbocycles. The summed E-state index contributed by atoms with van der Waals surface area (Å²) in [7, 11) is 0. The normalized spacial score (nSPS) is 13.5. The van der Waals surface area contributed by atoms with Gasteiger partial charge in [-0.3, -0.25) is 4.79 Å². The van der Waals surface area contributed by atoms with Gasteiger partial charge in [-0.05, 0) is 61.2 Å². The summed E-state index contributed by atoms with van der Waals surface area (Å²) >= 11 is 0. The summed E-state index contributed by atoms with van der Waals surface area (Å²) in [5.74, 6) is 0.0598. The molecule has 0 radical (unpaired) electrons. The lowest BCUT2D eigenvalue weighted by Crippen LogP contribution is -2.19. The van der Waals surface area contributed by atoms with E-state index in [9.17, 15) is 4.79 Å². The number of nitrogens with one attached hydrogen (secondary N) is 2. The predicted molar refractivity (Wildman–Crippen MR) is 87.0 cm³/mol. The zero-order chi connectivity index (χ0) is 15.0. The molecule has 4 heteroatoms. The van der Waals surface area contributed by atoms with Gasteiger partial charge < -0.3 is 16.4 Å². The Morgan fingerprint density at radius 2 is 1.76 bits per heavy atom. The highest BCUT2D eigenvalue weighted by Gasteiger charge is 2.16. The van der Waals surface area contributed by atoms with Gasteiger partial charge in [-0.1, -0.05) is 6.07 Å². The van der Waals surface area contributed by atoms with Gasteiger partial charge in [0.1, 0.15) is 0 Å². The van der Waals surface area contributed by atoms with E-state index in [1.807, 2.05) is 12.1 Å². The van der Waals surface area contributed by atoms with Crippen molar-refractivity contribution in [1.82, 2.24) is 0 Å². The standard InChI is InChI=1S/C17H19N3O/c1-10-5-11(2)7-13(6-10)19-16-9-15-12(8-14(16)18)3-4-17(21)20-15/h5-9,19H,3-4,18H2,1-2H3,(H,20,21). The summed E-state index contributed by atoms with van der Waals surface area (Å²) in [6, 6.07) is 10.1. The molecule has 2 aromatic rings. The lowest BCUT2D eigenvalue weighted by molar-refractivity contribution is -0.116. The van der Waals surface area contributed by atoms with Crippen LogP contribution in [-0.4, -0.2) is 5.91 Å². The van der Waals surface area contributed by atoms with Crippen LogP contribution >= 0.6 is 0 Å². The number of fused-ring (bicyclic) bond motifs is 1. The zero-order valence-corrected chi connectivity index (χ0v) is 12.3. The second kappa shape index (κ2) is 5.13. The Balaban J connectivity index is 1.95. The van der Waals surface area contributed by atoms with Crippen LogP contribution in [0.2, 0.25) is 0 Å². The van der Waals surface area contributed by atoms with Gasteiger partial charge in [0, 0.05) is 17.8 Å². The molecule has 0 atom stereocenters. The quantitative estimate of drug-likeness (QED) is 0.738. The Hall–Kier alpha value is -2.49. The number of nitrogen functional groups attached to an aromatic ring is 1. The van der Waals surface area contributed by atoms with E-state index in [1.165, 1.54) is 11.1 Å². The van der Waals surface area contributed by atoms with Crippen LogP contribution in [0.3, 0.4) is 0 Å². The minimum absolute atomic E-state index is 0.0598. The maximum atomic E-state index is 11.5. The molecule has 0 unspecified atom stereocenters. The van der Waals surface area contributed by atoms with Crippen LogP contribution in [0.5, 0.6) is 0 Å². The van der Waals surface area contributed by atoms with Crippen LogP contribution in [0.15, 0.2) is 30.3 Å². The molecule has 0 saturated heterocycles. The van der Waals surface area contributed by atoms with Crippen LogP contribution in [-0.2, 0) is 11.2 Å². The highest BCUT2D eigenvalue weighted by molar-refractivity contribution is 5.96. The minimum atomic E-state index is 0.0598. The van der Waals surface area contributed by atoms with Gasteiger partial charge in [0.25, 0.3) is 0 Å². The van der Waals surface area contributed by atoms with E-state index in [1.54, 1.807) is 0 Å². The van der Waals surface area contributed by atoms with Crippen molar-refractivity contribution in [3.63, 3.8) is 0 Å². The average molecular weight is 281 g/mol. The Morgan fingerprint density at radius 1 is 1.05 bits per heavy atom. The lowest BCUT2D eigenvalue weighted by Gasteiger charge is -2.20. The van der Waals surface area contributed by atoms with E-state index in [4.69, 9.17) is 5.73 Å². The number of nitrogens with two attached hydrogens (primary N) is 1. The molecule has 21 heavy (non-hydrogen) atoms. The largest absolute Gasteiger partial charge is 0.397 e. The van der Waals surface area contributed by atoms with Gasteiger partial charge in [0.2, 0.25) is 5.91 Å². The van der Waals surface area contributed by atoms with E-state index in [0.717, 1.165) is 29.0 Å². The minimum Gasteiger partial charge on any atom is -0.397 e. The van der Waals surface area contributed by atoms with Crippen LogP contribution in [0, 0.1) is 13.8 Å². The first kappa shape index (κ1) is 13.5. The Bertz CT molecular complexity index is 702. The molecule has 0 fully saturated rings. The molecule has 4 nitrogen and oxygen atoms in total. The highest BCUT2D eigenvalue weighted by atomic mass is 16.1. The predicted octanol–water partition coefficient (Wildman–Crippen LogP) is 3.51. The molecule has 0 bridgehead atoms. The Labute approximate surface area is 124 Å². The molecule has 0 spiro atoms. The van der Waals surface area contributed by atoms with Crippen molar-refractivity contribution in [1.29, 1.82) is 0 Å². The topological polar surface area (TPSA) is 67.1 Å². The summed E-state index contributed by atoms with van der Waals surface area (Å²) < 4.78 is 0. The third-order valence-corrected chi connectivity index (χ3v) is 3.67. The first-order chi connectivity index (χ1) is 10.0. The third-order valence-electron chi connectivity index (χ3n) is 3.67. The molecule has 1 heterocycles. The van der Waals surface area contributed by atoms with E-state index < -0.39 is 0 Å². The first-order valence-corrected chi connectivity index (χ1v) is 7.09. The van der Waals surface area contributed by atoms with Gasteiger partial charge >= 0.3 is 0 Å². The van der Waals surface area contributed by atoms with Crippen molar-refractivity contribution >= 4 is 28.7 Å². The van der Waals surface area contributed by atoms with Gasteiger partial charge in [0.15, 0.2) is 0 Å². The van der Waals surface area contributed by atoms with Gasteiger partial charge in [-0.2, -0.15) is 0 Å². The molecular formula is C17H19N3O. The maximum Gasteiger partial charge on any atom is 0.224 e. The second-order valence-corrected chi connectivity index (χ2v) is 5.65. The summed E-state index contributed by atoms with van der Waals surface area (Å²) in [5.41, 5.74) is 13.0. The summed E-state index contributed by atoms with van der Waals surface area (Å²) in [4.78, 5) is 11.5. The van der Waals surface area contributed by atoms with Crippen molar-refractivity contribution in [2.45, 2.75) is 26.7 Å². The van der Waals surface area contributed by atoms with Crippen LogP contribution in [0.4, 0.5) is 22.7 Å². The molecule has 0 saturated carbocycles. The second-order valence-electron chi connectivity index (χ2n) is 5.65. The summed E-state index contributed by atoms with van der Waals surface area (Å²) in [6.45, 7) is 4.13. The van der Waals surface area contributed by atoms with Crippen molar-refractivity contribution in [2.24, 2.45) is 0 Å². The van der Waals surface area contributed by atoms with E-state index >= 15 is 0 Å². The number of amides is 1. The average Bonchev–Trinajstić information content (AvgIpc) is 2.39. The number of hydrogen-bond donors (Lipinski definition) is 3. The van der Waals surface area contributed by atoms with E-state index in [-0.39, 0.29) is 5.91 Å². The number of rotatable bonds is 2. The smallest absolute Gasteiger partial charge is 0.224 e. The van der Waals surface area contributed by atoms with Gasteiger partial charge in [0.05, 0.1) is 11.4 Å². The molecule has 1 aliphatic rings. The first-order valence-electron chi connectivity index (χ1n) is 7.09. The molecular weight excluding hydrogens is 262 g/mol. The molecule has 3 rings (SSSR count). The number of benzene rings is 2. The Morgan fingerprint density at radius 3 is 2.48 bits per heavy atom. The maximum absolute atomic E-state index is 11.5. The summed E-state index contributed by atoms with van der Waals surface area (Å²) in [6.07, 6.45) is 1.27. The molecule has 0 aliphatic carbocycles. The SMILES string of the molecule is Cc1cc(C)cc(Nc2cc3c(cc2N)CCC(=O)N3)c1. The van der Waals surface area contributed by atoms with Crippen LogP contribution in [0.1, 0.15) is 23.1 Å². The molecule has 1 amide bonds. The number of carbonyl (C=O) groups excluding carboxylic acids is 1. The van der Waals surface area contributed by atoms with Gasteiger partial charge in [-0.15, -0.1) is 0 Å². The van der Waals surface area contributed by atoms with Crippen molar-refractivity contribution in [2.75, 3.05) is 16.4 Å². The molecule has 4 N–H and O–H groups in total. The number of aryl methyl sites for hydroxylation is 3. The van der Waals surface area contributed by atoms with E-state index in [2.05, 4.69) is 42.7 Å².